The van der Waals surface area contributed by atoms with Crippen LogP contribution >= 0.6 is 0 Å². The first-order valence-corrected chi connectivity index (χ1v) is 10.5. The predicted octanol–water partition coefficient (Wildman–Crippen LogP) is 4.55. The first-order chi connectivity index (χ1) is 12.5. The van der Waals surface area contributed by atoms with E-state index in [1.165, 1.54) is 35.1 Å². The molecule has 144 valence electrons. The summed E-state index contributed by atoms with van der Waals surface area (Å²) in [5.41, 5.74) is 5.73. The molecule has 2 saturated carbocycles. The first kappa shape index (κ1) is 18.5. The molecule has 1 aromatic carbocycles. The highest BCUT2D eigenvalue weighted by molar-refractivity contribution is 5.36. The number of methoxy groups -OCH3 is 1. The van der Waals surface area contributed by atoms with Crippen molar-refractivity contribution in [2.75, 3.05) is 20.3 Å². The van der Waals surface area contributed by atoms with E-state index in [-0.39, 0.29) is 5.60 Å². The van der Waals surface area contributed by atoms with Crippen LogP contribution in [0, 0.1) is 26.7 Å². The summed E-state index contributed by atoms with van der Waals surface area (Å²) >= 11 is 0. The fraction of sp³-hybridized carbons (Fsp3) is 0.739. The zero-order chi connectivity index (χ0) is 18.3. The number of hydrogen-bond donors (Lipinski definition) is 0. The van der Waals surface area contributed by atoms with Crippen molar-refractivity contribution in [1.82, 2.24) is 4.90 Å². The maximum absolute atomic E-state index is 6.28. The molecular weight excluding hydrogens is 322 g/mol. The molecule has 0 spiro atoms. The Balaban J connectivity index is 1.48. The number of aryl methyl sites for hydroxylation is 3. The van der Waals surface area contributed by atoms with Crippen LogP contribution in [0.1, 0.15) is 60.8 Å². The molecule has 0 N–H and O–H groups in total. The summed E-state index contributed by atoms with van der Waals surface area (Å²) in [5, 5.41) is 0. The molecule has 3 heteroatoms. The highest BCUT2D eigenvalue weighted by atomic mass is 16.5. The number of nitrogens with zero attached hydrogens (tertiary/aromatic N) is 1. The van der Waals surface area contributed by atoms with E-state index in [4.69, 9.17) is 9.47 Å². The van der Waals surface area contributed by atoms with Gasteiger partial charge in [-0.25, -0.2) is 0 Å². The van der Waals surface area contributed by atoms with Gasteiger partial charge in [0.1, 0.15) is 0 Å². The summed E-state index contributed by atoms with van der Waals surface area (Å²) in [6.45, 7) is 9.85. The van der Waals surface area contributed by atoms with Crippen molar-refractivity contribution in [2.45, 2.75) is 83.6 Å². The molecule has 0 aromatic heterocycles. The standard InChI is InChI=1S/C23H35NO2/c1-16-11-18(3)20(12-17(16)2)14-24-10-9-23(25-4)8-7-21(13-22(23)24)26-15-19-5-6-19/h11-12,19,21-22H,5-10,13-15H2,1-4H3/t21-,22-,23+/m0/s1. The molecular formula is C23H35NO2. The number of ether oxygens (including phenoxy) is 2. The average Bonchev–Trinajstić information content (AvgIpc) is 3.40. The fourth-order valence-corrected chi connectivity index (χ4v) is 5.06. The van der Waals surface area contributed by atoms with Gasteiger partial charge in [0.25, 0.3) is 0 Å². The second-order valence-corrected chi connectivity index (χ2v) is 9.04. The number of fused-ring (bicyclic) bond motifs is 1. The van der Waals surface area contributed by atoms with E-state index in [9.17, 15) is 0 Å². The van der Waals surface area contributed by atoms with E-state index >= 15 is 0 Å². The van der Waals surface area contributed by atoms with Crippen LogP contribution in [0.15, 0.2) is 12.1 Å². The lowest BCUT2D eigenvalue weighted by molar-refractivity contribution is -0.103. The summed E-state index contributed by atoms with van der Waals surface area (Å²) in [4.78, 5) is 2.67. The molecule has 2 aliphatic carbocycles. The van der Waals surface area contributed by atoms with Crippen LogP contribution in [0.25, 0.3) is 0 Å². The summed E-state index contributed by atoms with van der Waals surface area (Å²) in [6.07, 6.45) is 7.76. The van der Waals surface area contributed by atoms with Crippen molar-refractivity contribution in [3.05, 3.63) is 34.4 Å². The molecule has 3 nitrogen and oxygen atoms in total. The molecule has 0 radical (unpaired) electrons. The summed E-state index contributed by atoms with van der Waals surface area (Å²) in [5.74, 6) is 0.849. The zero-order valence-corrected chi connectivity index (χ0v) is 17.0. The lowest BCUT2D eigenvalue weighted by Crippen LogP contribution is -2.51. The van der Waals surface area contributed by atoms with E-state index in [1.807, 2.05) is 7.11 Å². The van der Waals surface area contributed by atoms with Gasteiger partial charge in [0, 0.05) is 32.8 Å². The largest absolute Gasteiger partial charge is 0.378 e. The Kier molecular flexibility index (Phi) is 5.15. The van der Waals surface area contributed by atoms with E-state index in [1.54, 1.807) is 0 Å². The Labute approximate surface area is 159 Å². The third-order valence-electron chi connectivity index (χ3n) is 7.24. The lowest BCUT2D eigenvalue weighted by atomic mass is 9.79. The van der Waals surface area contributed by atoms with Crippen molar-refractivity contribution in [3.8, 4) is 0 Å². The van der Waals surface area contributed by atoms with Crippen LogP contribution in [-0.4, -0.2) is 42.9 Å². The maximum Gasteiger partial charge on any atom is 0.0847 e. The van der Waals surface area contributed by atoms with Gasteiger partial charge in [0.15, 0.2) is 0 Å². The Bertz CT molecular complexity index is 654. The van der Waals surface area contributed by atoms with Crippen LogP contribution < -0.4 is 0 Å². The van der Waals surface area contributed by atoms with Gasteiger partial charge < -0.3 is 9.47 Å². The molecule has 3 atom stereocenters. The van der Waals surface area contributed by atoms with Crippen molar-refractivity contribution in [3.63, 3.8) is 0 Å². The molecule has 4 rings (SSSR count). The minimum Gasteiger partial charge on any atom is -0.378 e. The molecule has 3 aliphatic rings. The second kappa shape index (κ2) is 7.26. The second-order valence-electron chi connectivity index (χ2n) is 9.04. The van der Waals surface area contributed by atoms with Gasteiger partial charge in [-0.05, 0) is 87.5 Å². The number of rotatable bonds is 6. The highest BCUT2D eigenvalue weighted by Gasteiger charge is 2.51. The Morgan fingerprint density at radius 2 is 1.81 bits per heavy atom. The summed E-state index contributed by atoms with van der Waals surface area (Å²) in [7, 11) is 1.92. The molecule has 0 amide bonds. The molecule has 26 heavy (non-hydrogen) atoms. The van der Waals surface area contributed by atoms with Crippen LogP contribution in [0.2, 0.25) is 0 Å². The number of likely N-dealkylation sites (tertiary alicyclic amines) is 1. The van der Waals surface area contributed by atoms with Gasteiger partial charge in [0.2, 0.25) is 0 Å². The Morgan fingerprint density at radius 1 is 1.04 bits per heavy atom. The Morgan fingerprint density at radius 3 is 2.54 bits per heavy atom. The molecule has 3 fully saturated rings. The van der Waals surface area contributed by atoms with Crippen molar-refractivity contribution >= 4 is 0 Å². The van der Waals surface area contributed by atoms with E-state index in [2.05, 4.69) is 37.8 Å². The molecule has 0 unspecified atom stereocenters. The van der Waals surface area contributed by atoms with Crippen LogP contribution in [0.3, 0.4) is 0 Å². The zero-order valence-electron chi connectivity index (χ0n) is 17.0. The number of hydrogen-bond acceptors (Lipinski definition) is 3. The third kappa shape index (κ3) is 3.58. The van der Waals surface area contributed by atoms with Gasteiger partial charge >= 0.3 is 0 Å². The van der Waals surface area contributed by atoms with Gasteiger partial charge in [-0.15, -0.1) is 0 Å². The van der Waals surface area contributed by atoms with E-state index < -0.39 is 0 Å². The lowest BCUT2D eigenvalue weighted by Gasteiger charge is -2.44. The Hall–Kier alpha value is -0.900. The maximum atomic E-state index is 6.28. The van der Waals surface area contributed by atoms with Crippen molar-refractivity contribution < 1.29 is 9.47 Å². The van der Waals surface area contributed by atoms with Gasteiger partial charge in [-0.2, -0.15) is 0 Å². The highest BCUT2D eigenvalue weighted by Crippen LogP contribution is 2.44. The minimum absolute atomic E-state index is 0.0487. The van der Waals surface area contributed by atoms with Crippen LogP contribution in [0.5, 0.6) is 0 Å². The minimum atomic E-state index is 0.0487. The van der Waals surface area contributed by atoms with Crippen molar-refractivity contribution in [1.29, 1.82) is 0 Å². The van der Waals surface area contributed by atoms with Gasteiger partial charge in [-0.1, -0.05) is 12.1 Å². The third-order valence-corrected chi connectivity index (χ3v) is 7.24. The normalized spacial score (nSPS) is 32.0. The predicted molar refractivity (Wildman–Crippen MR) is 106 cm³/mol. The van der Waals surface area contributed by atoms with Crippen LogP contribution in [-0.2, 0) is 16.0 Å². The monoisotopic (exact) mass is 357 g/mol. The smallest absolute Gasteiger partial charge is 0.0847 e. The molecule has 0 bridgehead atoms. The summed E-state index contributed by atoms with van der Waals surface area (Å²) in [6, 6.07) is 5.22. The van der Waals surface area contributed by atoms with Crippen LogP contribution in [0.4, 0.5) is 0 Å². The quantitative estimate of drug-likeness (QED) is 0.745. The number of benzene rings is 1. The summed E-state index contributed by atoms with van der Waals surface area (Å²) < 4.78 is 12.4. The van der Waals surface area contributed by atoms with Gasteiger partial charge in [-0.3, -0.25) is 4.90 Å². The van der Waals surface area contributed by atoms with E-state index in [0.29, 0.717) is 12.1 Å². The molecule has 1 heterocycles. The molecule has 1 aliphatic heterocycles. The first-order valence-electron chi connectivity index (χ1n) is 10.5. The molecule has 1 saturated heterocycles. The van der Waals surface area contributed by atoms with Gasteiger partial charge in [0.05, 0.1) is 11.7 Å². The topological polar surface area (TPSA) is 21.7 Å². The fourth-order valence-electron chi connectivity index (χ4n) is 5.06. The van der Waals surface area contributed by atoms with E-state index in [0.717, 1.165) is 51.3 Å². The SMILES string of the molecule is CO[C@@]12CC[C@H](OCC3CC3)C[C@@H]1N(Cc1cc(C)c(C)cc1C)CC2. The average molecular weight is 358 g/mol. The molecule has 1 aromatic rings. The van der Waals surface area contributed by atoms with Crippen molar-refractivity contribution in [2.24, 2.45) is 5.92 Å².